The SMILES string of the molecule is C=C(C)C(=O)OCCOc1ccc(C(=O)Oc2ccccc2-c2ccc(C#N)cc2)cc1. The van der Waals surface area contributed by atoms with Gasteiger partial charge in [0.25, 0.3) is 0 Å². The highest BCUT2D eigenvalue weighted by Gasteiger charge is 2.13. The van der Waals surface area contributed by atoms with Crippen LogP contribution in [0.25, 0.3) is 11.1 Å². The number of benzene rings is 3. The van der Waals surface area contributed by atoms with Gasteiger partial charge in [-0.15, -0.1) is 0 Å². The van der Waals surface area contributed by atoms with E-state index in [2.05, 4.69) is 12.6 Å². The monoisotopic (exact) mass is 427 g/mol. The molecular formula is C26H21NO5. The maximum atomic E-state index is 12.6. The van der Waals surface area contributed by atoms with E-state index in [1.807, 2.05) is 24.3 Å². The molecule has 0 aromatic heterocycles. The molecule has 0 aliphatic carbocycles. The van der Waals surface area contributed by atoms with E-state index >= 15 is 0 Å². The van der Waals surface area contributed by atoms with Crippen LogP contribution in [0.5, 0.6) is 11.5 Å². The lowest BCUT2D eigenvalue weighted by atomic mass is 10.0. The summed E-state index contributed by atoms with van der Waals surface area (Å²) in [5.41, 5.74) is 2.83. The Balaban J connectivity index is 1.62. The van der Waals surface area contributed by atoms with Gasteiger partial charge in [0.1, 0.15) is 24.7 Å². The molecule has 0 unspecified atom stereocenters. The molecule has 3 aromatic rings. The number of hydrogen-bond donors (Lipinski definition) is 0. The molecule has 0 aliphatic rings. The van der Waals surface area contributed by atoms with Crippen molar-refractivity contribution in [1.82, 2.24) is 0 Å². The maximum absolute atomic E-state index is 12.6. The molecule has 0 radical (unpaired) electrons. The molecule has 3 aromatic carbocycles. The minimum absolute atomic E-state index is 0.0988. The van der Waals surface area contributed by atoms with E-state index in [4.69, 9.17) is 19.5 Å². The van der Waals surface area contributed by atoms with Gasteiger partial charge in [0.2, 0.25) is 0 Å². The Morgan fingerprint density at radius 2 is 1.62 bits per heavy atom. The highest BCUT2D eigenvalue weighted by molar-refractivity contribution is 5.92. The second-order valence-corrected chi connectivity index (χ2v) is 6.86. The highest BCUT2D eigenvalue weighted by atomic mass is 16.6. The van der Waals surface area contributed by atoms with E-state index in [1.165, 1.54) is 0 Å². The zero-order chi connectivity index (χ0) is 22.9. The Morgan fingerprint density at radius 1 is 0.938 bits per heavy atom. The Morgan fingerprint density at radius 3 is 2.28 bits per heavy atom. The second kappa shape index (κ2) is 10.6. The van der Waals surface area contributed by atoms with Crippen LogP contribution in [-0.2, 0) is 9.53 Å². The zero-order valence-electron chi connectivity index (χ0n) is 17.5. The van der Waals surface area contributed by atoms with Crippen molar-refractivity contribution in [2.45, 2.75) is 6.92 Å². The number of nitriles is 1. The molecule has 160 valence electrons. The molecule has 0 saturated carbocycles. The molecule has 0 bridgehead atoms. The van der Waals surface area contributed by atoms with E-state index < -0.39 is 11.9 Å². The van der Waals surface area contributed by atoms with Gasteiger partial charge in [0.05, 0.1) is 17.2 Å². The van der Waals surface area contributed by atoms with Crippen molar-refractivity contribution < 1.29 is 23.8 Å². The summed E-state index contributed by atoms with van der Waals surface area (Å²) < 4.78 is 16.1. The van der Waals surface area contributed by atoms with Crippen LogP contribution < -0.4 is 9.47 Å². The third kappa shape index (κ3) is 5.83. The molecule has 0 heterocycles. The number of hydrogen-bond acceptors (Lipinski definition) is 6. The lowest BCUT2D eigenvalue weighted by molar-refractivity contribution is -0.139. The molecule has 0 fully saturated rings. The van der Waals surface area contributed by atoms with Crippen LogP contribution in [0.3, 0.4) is 0 Å². The highest BCUT2D eigenvalue weighted by Crippen LogP contribution is 2.30. The summed E-state index contributed by atoms with van der Waals surface area (Å²) in [5.74, 6) is -0.0196. The molecular weight excluding hydrogens is 406 g/mol. The molecule has 0 spiro atoms. The van der Waals surface area contributed by atoms with Gasteiger partial charge in [-0.2, -0.15) is 5.26 Å². The van der Waals surface area contributed by atoms with Crippen LogP contribution >= 0.6 is 0 Å². The Bertz CT molecular complexity index is 1160. The number of esters is 2. The molecule has 32 heavy (non-hydrogen) atoms. The first kappa shape index (κ1) is 22.3. The fraction of sp³-hybridized carbons (Fsp3) is 0.115. The first-order valence-electron chi connectivity index (χ1n) is 9.85. The fourth-order valence-corrected chi connectivity index (χ4v) is 2.78. The summed E-state index contributed by atoms with van der Waals surface area (Å²) in [6.07, 6.45) is 0. The van der Waals surface area contributed by atoms with Crippen LogP contribution in [0.15, 0.2) is 84.9 Å². The van der Waals surface area contributed by atoms with Gasteiger partial charge in [-0.3, -0.25) is 0 Å². The summed E-state index contributed by atoms with van der Waals surface area (Å²) in [4.78, 5) is 24.0. The topological polar surface area (TPSA) is 85.6 Å². The van der Waals surface area contributed by atoms with E-state index in [9.17, 15) is 9.59 Å². The predicted molar refractivity (Wildman–Crippen MR) is 119 cm³/mol. The first-order chi connectivity index (χ1) is 15.5. The normalized spacial score (nSPS) is 10.0. The largest absolute Gasteiger partial charge is 0.490 e. The van der Waals surface area contributed by atoms with E-state index in [0.29, 0.717) is 28.2 Å². The summed E-state index contributed by atoms with van der Waals surface area (Å²) in [5, 5.41) is 8.97. The fourth-order valence-electron chi connectivity index (χ4n) is 2.78. The van der Waals surface area contributed by atoms with Gasteiger partial charge in [0.15, 0.2) is 0 Å². The third-order valence-electron chi connectivity index (χ3n) is 4.44. The first-order valence-corrected chi connectivity index (χ1v) is 9.85. The molecule has 6 heteroatoms. The number of para-hydroxylation sites is 1. The van der Waals surface area contributed by atoms with Crippen molar-refractivity contribution in [2.24, 2.45) is 0 Å². The Kier molecular flexibility index (Phi) is 7.39. The minimum atomic E-state index is -0.506. The van der Waals surface area contributed by atoms with Gasteiger partial charge < -0.3 is 14.2 Å². The van der Waals surface area contributed by atoms with Crippen molar-refractivity contribution in [2.75, 3.05) is 13.2 Å². The molecule has 6 nitrogen and oxygen atoms in total. The van der Waals surface area contributed by atoms with Crippen LogP contribution in [0, 0.1) is 11.3 Å². The average Bonchev–Trinajstić information content (AvgIpc) is 2.82. The summed E-state index contributed by atoms with van der Waals surface area (Å²) in [6, 6.07) is 22.8. The number of ether oxygens (including phenoxy) is 3. The number of carbonyl (C=O) groups is 2. The van der Waals surface area contributed by atoms with Crippen molar-refractivity contribution in [3.05, 3.63) is 96.1 Å². The van der Waals surface area contributed by atoms with E-state index in [-0.39, 0.29) is 13.2 Å². The lowest BCUT2D eigenvalue weighted by Crippen LogP contribution is -2.12. The quantitative estimate of drug-likeness (QED) is 0.219. The Labute approximate surface area is 186 Å². The zero-order valence-corrected chi connectivity index (χ0v) is 17.5. The van der Waals surface area contributed by atoms with E-state index in [1.54, 1.807) is 55.5 Å². The summed E-state index contributed by atoms with van der Waals surface area (Å²) >= 11 is 0. The van der Waals surface area contributed by atoms with Crippen molar-refractivity contribution in [3.63, 3.8) is 0 Å². The number of rotatable bonds is 8. The van der Waals surface area contributed by atoms with Crippen LogP contribution in [0.2, 0.25) is 0 Å². The standard InChI is InChI=1S/C26H21NO5/c1-18(2)25(28)31-16-15-30-22-13-11-21(12-14-22)26(29)32-24-6-4-3-5-23(24)20-9-7-19(17-27)8-10-20/h3-14H,1,15-16H2,2H3. The number of carbonyl (C=O) groups excluding carboxylic acids is 2. The van der Waals surface area contributed by atoms with Crippen molar-refractivity contribution >= 4 is 11.9 Å². The van der Waals surface area contributed by atoms with Gasteiger partial charge in [-0.1, -0.05) is 36.9 Å². The van der Waals surface area contributed by atoms with Gasteiger partial charge >= 0.3 is 11.9 Å². The van der Waals surface area contributed by atoms with Gasteiger partial charge in [-0.05, 0) is 55.0 Å². The second-order valence-electron chi connectivity index (χ2n) is 6.86. The van der Waals surface area contributed by atoms with Crippen molar-refractivity contribution in [3.8, 4) is 28.7 Å². The predicted octanol–water partition coefficient (Wildman–Crippen LogP) is 4.94. The Hall–Kier alpha value is -4.37. The molecule has 0 saturated heterocycles. The smallest absolute Gasteiger partial charge is 0.343 e. The van der Waals surface area contributed by atoms with Gasteiger partial charge in [0, 0.05) is 11.1 Å². The molecule has 0 atom stereocenters. The lowest BCUT2D eigenvalue weighted by Gasteiger charge is -2.11. The van der Waals surface area contributed by atoms with Crippen LogP contribution in [0.4, 0.5) is 0 Å². The number of nitrogens with zero attached hydrogens (tertiary/aromatic N) is 1. The maximum Gasteiger partial charge on any atom is 0.343 e. The minimum Gasteiger partial charge on any atom is -0.490 e. The summed E-state index contributed by atoms with van der Waals surface area (Å²) in [6.45, 7) is 5.36. The van der Waals surface area contributed by atoms with Crippen LogP contribution in [-0.4, -0.2) is 25.2 Å². The molecule has 0 aliphatic heterocycles. The molecule has 0 N–H and O–H groups in total. The third-order valence-corrected chi connectivity index (χ3v) is 4.44. The summed E-state index contributed by atoms with van der Waals surface area (Å²) in [7, 11) is 0. The molecule has 0 amide bonds. The molecule has 3 rings (SSSR count). The average molecular weight is 427 g/mol. The van der Waals surface area contributed by atoms with E-state index in [0.717, 1.165) is 11.1 Å². The van der Waals surface area contributed by atoms with Gasteiger partial charge in [-0.25, -0.2) is 9.59 Å². The van der Waals surface area contributed by atoms with Crippen LogP contribution in [0.1, 0.15) is 22.8 Å². The van der Waals surface area contributed by atoms with Crippen molar-refractivity contribution in [1.29, 1.82) is 5.26 Å².